The van der Waals surface area contributed by atoms with Gasteiger partial charge in [0.2, 0.25) is 0 Å². The van der Waals surface area contributed by atoms with Gasteiger partial charge in [-0.1, -0.05) is 25.4 Å². The molecule has 4 heterocycles. The summed E-state index contributed by atoms with van der Waals surface area (Å²) in [7, 11) is 0. The second-order valence-electron chi connectivity index (χ2n) is 8.93. The molecule has 0 aliphatic carbocycles. The first kappa shape index (κ1) is 24.8. The topological polar surface area (TPSA) is 66.9 Å². The molecular weight excluding hydrogens is 489 g/mol. The van der Waals surface area contributed by atoms with Gasteiger partial charge in [-0.2, -0.15) is 0 Å². The maximum absolute atomic E-state index is 6.26. The van der Waals surface area contributed by atoms with Crippen molar-refractivity contribution in [3.63, 3.8) is 0 Å². The van der Waals surface area contributed by atoms with Gasteiger partial charge in [0.1, 0.15) is 17.3 Å². The predicted octanol–water partition coefficient (Wildman–Crippen LogP) is 6.77. The molecule has 1 saturated heterocycles. The zero-order chi connectivity index (χ0) is 22.8. The van der Waals surface area contributed by atoms with Crippen LogP contribution >= 0.6 is 35.3 Å². The van der Waals surface area contributed by atoms with Crippen LogP contribution in [0.25, 0.3) is 22.7 Å². The average molecular weight is 519 g/mol. The van der Waals surface area contributed by atoms with Gasteiger partial charge in [-0.3, -0.25) is 0 Å². The number of halogens is 2. The molecule has 0 radical (unpaired) electrons. The normalized spacial score (nSPS) is 13.9. The molecule has 1 fully saturated rings. The number of fused-ring (bicyclic) bond motifs is 1. The van der Waals surface area contributed by atoms with Crippen LogP contribution in [0.5, 0.6) is 5.75 Å². The fourth-order valence-corrected chi connectivity index (χ4v) is 5.05. The summed E-state index contributed by atoms with van der Waals surface area (Å²) in [5, 5.41) is 3.73. The summed E-state index contributed by atoms with van der Waals surface area (Å²) in [5.41, 5.74) is 3.54. The summed E-state index contributed by atoms with van der Waals surface area (Å²) in [5.74, 6) is 3.08. The molecule has 34 heavy (non-hydrogen) atoms. The van der Waals surface area contributed by atoms with Crippen LogP contribution in [0, 0.1) is 5.92 Å². The molecule has 4 aromatic rings. The molecule has 0 unspecified atom stereocenters. The Morgan fingerprint density at radius 2 is 1.91 bits per heavy atom. The molecule has 0 spiro atoms. The molecule has 0 amide bonds. The van der Waals surface area contributed by atoms with Crippen LogP contribution in [-0.2, 0) is 6.42 Å². The number of rotatable bonds is 7. The number of ether oxygens (including phenoxy) is 1. The van der Waals surface area contributed by atoms with E-state index >= 15 is 0 Å². The number of benzene rings is 1. The molecule has 1 aliphatic rings. The summed E-state index contributed by atoms with van der Waals surface area (Å²) < 4.78 is 6.01. The molecule has 1 N–H and O–H groups in total. The van der Waals surface area contributed by atoms with Crippen molar-refractivity contribution in [2.45, 2.75) is 39.5 Å². The molecule has 0 saturated carbocycles. The molecule has 9 heteroatoms. The van der Waals surface area contributed by atoms with Crippen molar-refractivity contribution >= 4 is 52.3 Å². The van der Waals surface area contributed by atoms with Crippen LogP contribution in [-0.4, -0.2) is 39.6 Å². The van der Waals surface area contributed by atoms with E-state index in [0.717, 1.165) is 57.9 Å². The van der Waals surface area contributed by atoms with Crippen molar-refractivity contribution in [3.05, 3.63) is 51.3 Å². The summed E-state index contributed by atoms with van der Waals surface area (Å²) >= 11 is 7.88. The molecule has 1 aliphatic heterocycles. The maximum Gasteiger partial charge on any atom is 0.180 e. The number of aromatic nitrogens is 4. The molecule has 5 rings (SSSR count). The third-order valence-electron chi connectivity index (χ3n) is 5.74. The lowest BCUT2D eigenvalue weighted by Gasteiger charge is -2.27. The number of aromatic amines is 1. The van der Waals surface area contributed by atoms with Crippen molar-refractivity contribution in [2.75, 3.05) is 24.6 Å². The number of piperidine rings is 1. The van der Waals surface area contributed by atoms with Gasteiger partial charge in [-0.05, 0) is 55.5 Å². The van der Waals surface area contributed by atoms with Gasteiger partial charge < -0.3 is 14.6 Å². The van der Waals surface area contributed by atoms with E-state index in [1.54, 1.807) is 11.3 Å². The van der Waals surface area contributed by atoms with E-state index in [2.05, 4.69) is 35.9 Å². The average Bonchev–Trinajstić information content (AvgIpc) is 3.45. The van der Waals surface area contributed by atoms with Crippen LogP contribution in [0.2, 0.25) is 5.02 Å². The lowest BCUT2D eigenvalue weighted by Crippen LogP contribution is -2.30. The summed E-state index contributed by atoms with van der Waals surface area (Å²) in [4.78, 5) is 20.1. The zero-order valence-electron chi connectivity index (χ0n) is 19.4. The molecule has 180 valence electrons. The fraction of sp³-hybridized carbons (Fsp3) is 0.400. The first-order chi connectivity index (χ1) is 16.0. The van der Waals surface area contributed by atoms with Crippen LogP contribution in [0.15, 0.2) is 35.7 Å². The largest absolute Gasteiger partial charge is 0.493 e. The Labute approximate surface area is 215 Å². The SMILES string of the molecule is CC(C)COc1ccc(Cl)cc1Cc1nc(-c2nc3nc(N4CCCCC4)ccc3[nH]2)cs1.Cl. The van der Waals surface area contributed by atoms with Crippen molar-refractivity contribution in [3.8, 4) is 17.3 Å². The second-order valence-corrected chi connectivity index (χ2v) is 10.3. The Kier molecular flexibility index (Phi) is 7.96. The Bertz CT molecular complexity index is 1250. The third-order valence-corrected chi connectivity index (χ3v) is 6.83. The third kappa shape index (κ3) is 5.65. The number of H-pyrrole nitrogens is 1. The van der Waals surface area contributed by atoms with Crippen LogP contribution in [0.3, 0.4) is 0 Å². The van der Waals surface area contributed by atoms with E-state index < -0.39 is 0 Å². The number of nitrogens with zero attached hydrogens (tertiary/aromatic N) is 4. The Morgan fingerprint density at radius 1 is 1.09 bits per heavy atom. The Morgan fingerprint density at radius 3 is 2.71 bits per heavy atom. The quantitative estimate of drug-likeness (QED) is 0.292. The van der Waals surface area contributed by atoms with Crippen molar-refractivity contribution in [1.29, 1.82) is 0 Å². The monoisotopic (exact) mass is 517 g/mol. The van der Waals surface area contributed by atoms with E-state index in [4.69, 9.17) is 31.3 Å². The highest BCUT2D eigenvalue weighted by Crippen LogP contribution is 2.29. The van der Waals surface area contributed by atoms with Crippen LogP contribution in [0.1, 0.15) is 43.7 Å². The summed E-state index contributed by atoms with van der Waals surface area (Å²) in [6.07, 6.45) is 4.42. The maximum atomic E-state index is 6.26. The molecule has 0 atom stereocenters. The highest BCUT2D eigenvalue weighted by molar-refractivity contribution is 7.10. The fourth-order valence-electron chi connectivity index (χ4n) is 4.05. The minimum atomic E-state index is 0. The van der Waals surface area contributed by atoms with E-state index in [1.165, 1.54) is 19.3 Å². The van der Waals surface area contributed by atoms with E-state index in [0.29, 0.717) is 24.0 Å². The van der Waals surface area contributed by atoms with Gasteiger partial charge in [-0.25, -0.2) is 15.0 Å². The van der Waals surface area contributed by atoms with Crippen molar-refractivity contribution < 1.29 is 4.74 Å². The minimum Gasteiger partial charge on any atom is -0.493 e. The number of pyridine rings is 1. The van der Waals surface area contributed by atoms with E-state index in [-0.39, 0.29) is 12.4 Å². The number of hydrogen-bond donors (Lipinski definition) is 1. The molecule has 1 aromatic carbocycles. The Hall–Kier alpha value is -2.35. The van der Waals surface area contributed by atoms with Gasteiger partial charge in [0.15, 0.2) is 11.5 Å². The summed E-state index contributed by atoms with van der Waals surface area (Å²) in [6.45, 7) is 7.08. The van der Waals surface area contributed by atoms with Crippen molar-refractivity contribution in [1.82, 2.24) is 19.9 Å². The smallest absolute Gasteiger partial charge is 0.180 e. The zero-order valence-corrected chi connectivity index (χ0v) is 21.8. The minimum absolute atomic E-state index is 0. The number of hydrogen-bond acceptors (Lipinski definition) is 6. The van der Waals surface area contributed by atoms with Gasteiger partial charge in [0.25, 0.3) is 0 Å². The molecule has 3 aromatic heterocycles. The molecule has 6 nitrogen and oxygen atoms in total. The van der Waals surface area contributed by atoms with Gasteiger partial charge in [-0.15, -0.1) is 23.7 Å². The van der Waals surface area contributed by atoms with Crippen LogP contribution in [0.4, 0.5) is 5.82 Å². The first-order valence-electron chi connectivity index (χ1n) is 11.5. The highest BCUT2D eigenvalue weighted by atomic mass is 35.5. The second kappa shape index (κ2) is 10.9. The highest BCUT2D eigenvalue weighted by Gasteiger charge is 2.16. The predicted molar refractivity (Wildman–Crippen MR) is 143 cm³/mol. The standard InChI is InChI=1S/C25H28ClN5OS.ClH/c1-16(2)14-32-21-8-6-18(26)12-17(21)13-23-27-20(15-33-23)25-28-19-7-9-22(29-24(19)30-25)31-10-4-3-5-11-31;/h6-9,12,15-16H,3-5,10-11,13-14H2,1-2H3,(H,28,29,30);1H. The van der Waals surface area contributed by atoms with Gasteiger partial charge in [0.05, 0.1) is 17.1 Å². The van der Waals surface area contributed by atoms with E-state index in [9.17, 15) is 0 Å². The number of anilines is 1. The lowest BCUT2D eigenvalue weighted by molar-refractivity contribution is 0.269. The van der Waals surface area contributed by atoms with Gasteiger partial charge in [0, 0.05) is 35.5 Å². The first-order valence-corrected chi connectivity index (χ1v) is 12.8. The number of thiazole rings is 1. The number of nitrogens with one attached hydrogen (secondary N) is 1. The van der Waals surface area contributed by atoms with Crippen molar-refractivity contribution in [2.24, 2.45) is 5.92 Å². The Balaban J connectivity index is 0.00000274. The molecule has 0 bridgehead atoms. The van der Waals surface area contributed by atoms with E-state index in [1.807, 2.05) is 23.6 Å². The molecular formula is C25H29Cl2N5OS. The lowest BCUT2D eigenvalue weighted by atomic mass is 10.1. The summed E-state index contributed by atoms with van der Waals surface area (Å²) in [6, 6.07) is 9.93. The number of imidazole rings is 1. The van der Waals surface area contributed by atoms with Crippen LogP contribution < -0.4 is 9.64 Å². The van der Waals surface area contributed by atoms with Gasteiger partial charge >= 0.3 is 0 Å².